The molecule has 6 heteroatoms. The predicted molar refractivity (Wildman–Crippen MR) is 113 cm³/mol. The van der Waals surface area contributed by atoms with Gasteiger partial charge in [-0.25, -0.2) is 4.98 Å². The lowest BCUT2D eigenvalue weighted by atomic mass is 9.88. The number of carbonyl (C=O) groups is 1. The number of ether oxygens (including phenoxy) is 1. The van der Waals surface area contributed by atoms with Crippen LogP contribution in [0.1, 0.15) is 55.2 Å². The molecule has 1 unspecified atom stereocenters. The fraction of sp³-hybridized carbons (Fsp3) is 0.304. The van der Waals surface area contributed by atoms with Crippen molar-refractivity contribution in [2.75, 3.05) is 7.11 Å². The summed E-state index contributed by atoms with van der Waals surface area (Å²) in [7, 11) is 1.56. The van der Waals surface area contributed by atoms with E-state index in [-0.39, 0.29) is 17.5 Å². The molecule has 29 heavy (non-hydrogen) atoms. The summed E-state index contributed by atoms with van der Waals surface area (Å²) in [6, 6.07) is 10.4. The molecule has 0 aliphatic rings. The molecule has 0 saturated heterocycles. The smallest absolute Gasteiger partial charge is 0.230 e. The van der Waals surface area contributed by atoms with Gasteiger partial charge in [0, 0.05) is 10.9 Å². The van der Waals surface area contributed by atoms with Crippen molar-refractivity contribution in [1.82, 2.24) is 4.98 Å². The highest BCUT2D eigenvalue weighted by molar-refractivity contribution is 6.30. The second-order valence-corrected chi connectivity index (χ2v) is 7.79. The van der Waals surface area contributed by atoms with Gasteiger partial charge in [-0.15, -0.1) is 0 Å². The average molecular weight is 414 g/mol. The molecule has 0 radical (unpaired) electrons. The molecular weight excluding hydrogens is 390 g/mol. The van der Waals surface area contributed by atoms with E-state index in [2.05, 4.69) is 0 Å². The van der Waals surface area contributed by atoms with Gasteiger partial charge in [-0.3, -0.25) is 4.79 Å². The van der Waals surface area contributed by atoms with Crippen LogP contribution in [0.25, 0.3) is 11.5 Å². The Kier molecular flexibility index (Phi) is 5.99. The van der Waals surface area contributed by atoms with Crippen LogP contribution in [0.4, 0.5) is 0 Å². The van der Waals surface area contributed by atoms with Crippen LogP contribution >= 0.6 is 11.6 Å². The fourth-order valence-corrected chi connectivity index (χ4v) is 3.53. The lowest BCUT2D eigenvalue weighted by Gasteiger charge is -2.15. The van der Waals surface area contributed by atoms with Crippen molar-refractivity contribution in [2.24, 2.45) is 0 Å². The van der Waals surface area contributed by atoms with Crippen molar-refractivity contribution in [2.45, 2.75) is 39.5 Å². The number of oxazole rings is 1. The highest BCUT2D eigenvalue weighted by atomic mass is 35.5. The Morgan fingerprint density at radius 3 is 2.52 bits per heavy atom. The monoisotopic (exact) mass is 413 g/mol. The number of aromatic nitrogens is 1. The van der Waals surface area contributed by atoms with Crippen molar-refractivity contribution in [3.63, 3.8) is 0 Å². The number of hydrogen-bond acceptors (Lipinski definition) is 5. The SMILES string of the molecule is COc1cc(Cl)ccc1-c1nc(C(C(C)=O)c2ccc(O)c(C)c2)c(C(C)C)o1. The molecule has 3 aromatic rings. The van der Waals surface area contributed by atoms with Crippen LogP contribution in [-0.2, 0) is 4.79 Å². The number of aryl methyl sites for hydroxylation is 1. The second-order valence-electron chi connectivity index (χ2n) is 7.36. The first-order valence-corrected chi connectivity index (χ1v) is 9.75. The van der Waals surface area contributed by atoms with Crippen molar-refractivity contribution in [1.29, 1.82) is 0 Å². The first-order chi connectivity index (χ1) is 13.7. The quantitative estimate of drug-likeness (QED) is 0.547. The minimum Gasteiger partial charge on any atom is -0.508 e. The zero-order valence-electron chi connectivity index (χ0n) is 17.1. The number of phenolic OH excluding ortho intramolecular Hbond substituents is 1. The Morgan fingerprint density at radius 2 is 1.93 bits per heavy atom. The molecule has 0 bridgehead atoms. The fourth-order valence-electron chi connectivity index (χ4n) is 3.36. The summed E-state index contributed by atoms with van der Waals surface area (Å²) in [4.78, 5) is 17.4. The van der Waals surface area contributed by atoms with Crippen LogP contribution in [0.5, 0.6) is 11.5 Å². The molecule has 1 N–H and O–H groups in total. The Labute approximate surface area is 175 Å². The van der Waals surface area contributed by atoms with Gasteiger partial charge < -0.3 is 14.3 Å². The minimum atomic E-state index is -0.595. The number of aromatic hydroxyl groups is 1. The molecule has 0 aliphatic heterocycles. The number of carbonyl (C=O) groups excluding carboxylic acids is 1. The van der Waals surface area contributed by atoms with Gasteiger partial charge >= 0.3 is 0 Å². The van der Waals surface area contributed by atoms with Gasteiger partial charge in [-0.1, -0.05) is 37.6 Å². The molecule has 2 aromatic carbocycles. The summed E-state index contributed by atoms with van der Waals surface area (Å²) in [6.45, 7) is 7.32. The van der Waals surface area contributed by atoms with E-state index in [1.807, 2.05) is 19.9 Å². The first-order valence-electron chi connectivity index (χ1n) is 9.37. The van der Waals surface area contributed by atoms with E-state index in [9.17, 15) is 9.90 Å². The predicted octanol–water partition coefficient (Wildman–Crippen LogP) is 5.86. The summed E-state index contributed by atoms with van der Waals surface area (Å²) in [5.41, 5.74) is 2.69. The van der Waals surface area contributed by atoms with Crippen LogP contribution in [0.15, 0.2) is 40.8 Å². The van der Waals surface area contributed by atoms with E-state index in [0.29, 0.717) is 39.2 Å². The number of phenols is 1. The molecule has 1 atom stereocenters. The third-order valence-electron chi connectivity index (χ3n) is 4.83. The average Bonchev–Trinajstić information content (AvgIpc) is 3.09. The molecule has 0 amide bonds. The molecule has 152 valence electrons. The Morgan fingerprint density at radius 1 is 1.21 bits per heavy atom. The maximum Gasteiger partial charge on any atom is 0.230 e. The molecule has 0 saturated carbocycles. The summed E-state index contributed by atoms with van der Waals surface area (Å²) in [6.07, 6.45) is 0. The van der Waals surface area contributed by atoms with Crippen LogP contribution < -0.4 is 4.74 Å². The van der Waals surface area contributed by atoms with E-state index in [0.717, 1.165) is 5.56 Å². The van der Waals surface area contributed by atoms with Crippen molar-refractivity contribution >= 4 is 17.4 Å². The number of rotatable bonds is 6. The number of halogens is 1. The summed E-state index contributed by atoms with van der Waals surface area (Å²) in [5.74, 6) is 1.11. The first kappa shape index (κ1) is 20.9. The van der Waals surface area contributed by atoms with Gasteiger partial charge in [-0.2, -0.15) is 0 Å². The van der Waals surface area contributed by atoms with Gasteiger partial charge in [0.05, 0.1) is 24.3 Å². The van der Waals surface area contributed by atoms with Crippen LogP contribution in [0.2, 0.25) is 5.02 Å². The van der Waals surface area contributed by atoms with E-state index >= 15 is 0 Å². The number of hydrogen-bond donors (Lipinski definition) is 1. The highest BCUT2D eigenvalue weighted by Gasteiger charge is 2.30. The van der Waals surface area contributed by atoms with Crippen LogP contribution in [0.3, 0.4) is 0 Å². The molecule has 0 fully saturated rings. The van der Waals surface area contributed by atoms with Crippen molar-refractivity contribution in [3.8, 4) is 23.0 Å². The van der Waals surface area contributed by atoms with Gasteiger partial charge in [0.1, 0.15) is 23.0 Å². The molecule has 1 aromatic heterocycles. The van der Waals surface area contributed by atoms with E-state index in [4.69, 9.17) is 25.7 Å². The number of Topliss-reactive ketones (excluding diaryl/α,β-unsaturated/α-hetero) is 1. The van der Waals surface area contributed by atoms with E-state index < -0.39 is 5.92 Å². The molecule has 5 nitrogen and oxygen atoms in total. The highest BCUT2D eigenvalue weighted by Crippen LogP contribution is 2.39. The van der Waals surface area contributed by atoms with Gasteiger partial charge in [0.15, 0.2) is 0 Å². The maximum atomic E-state index is 12.6. The Hall–Kier alpha value is -2.79. The van der Waals surface area contributed by atoms with Gasteiger partial charge in [-0.05, 0) is 49.2 Å². The summed E-state index contributed by atoms with van der Waals surface area (Å²) in [5, 5.41) is 10.4. The number of benzene rings is 2. The number of nitrogens with zero attached hydrogens (tertiary/aromatic N) is 1. The Bertz CT molecular complexity index is 1060. The maximum absolute atomic E-state index is 12.6. The third-order valence-corrected chi connectivity index (χ3v) is 5.07. The standard InChI is InChI=1S/C23H24ClNO4/c1-12(2)22-21(20(14(4)26)15-6-9-18(27)13(3)10-15)25-23(29-22)17-8-7-16(24)11-19(17)28-5/h6-12,20,27H,1-5H3. The largest absolute Gasteiger partial charge is 0.508 e. The molecule has 0 spiro atoms. The minimum absolute atomic E-state index is 0.0182. The zero-order valence-corrected chi connectivity index (χ0v) is 17.9. The Balaban J connectivity index is 2.19. The third kappa shape index (κ3) is 4.15. The van der Waals surface area contributed by atoms with Crippen LogP contribution in [-0.4, -0.2) is 23.0 Å². The van der Waals surface area contributed by atoms with Gasteiger partial charge in [0.25, 0.3) is 0 Å². The number of ketones is 1. The number of methoxy groups -OCH3 is 1. The summed E-state index contributed by atoms with van der Waals surface area (Å²) >= 11 is 6.07. The lowest BCUT2D eigenvalue weighted by Crippen LogP contribution is -2.13. The molecule has 3 rings (SSSR count). The van der Waals surface area contributed by atoms with Crippen molar-refractivity contribution < 1.29 is 19.1 Å². The normalized spacial score (nSPS) is 12.2. The van der Waals surface area contributed by atoms with Crippen molar-refractivity contribution in [3.05, 3.63) is 64.0 Å². The van der Waals surface area contributed by atoms with E-state index in [1.165, 1.54) is 6.92 Å². The molecule has 1 heterocycles. The lowest BCUT2D eigenvalue weighted by molar-refractivity contribution is -0.117. The topological polar surface area (TPSA) is 72.6 Å². The van der Waals surface area contributed by atoms with Gasteiger partial charge in [0.2, 0.25) is 5.89 Å². The second kappa shape index (κ2) is 8.29. The molecule has 0 aliphatic carbocycles. The van der Waals surface area contributed by atoms with Crippen LogP contribution in [0, 0.1) is 6.92 Å². The van der Waals surface area contributed by atoms with E-state index in [1.54, 1.807) is 44.4 Å². The molecular formula is C23H24ClNO4. The summed E-state index contributed by atoms with van der Waals surface area (Å²) < 4.78 is 11.5. The zero-order chi connectivity index (χ0) is 21.3.